The Kier molecular flexibility index (Phi) is 3.27. The Bertz CT molecular complexity index is 457. The first-order valence-electron chi connectivity index (χ1n) is 6.87. The molecule has 0 atom stereocenters. The van der Waals surface area contributed by atoms with Gasteiger partial charge in [-0.1, -0.05) is 6.42 Å². The molecule has 1 saturated heterocycles. The maximum Gasteiger partial charge on any atom is 0.289 e. The minimum absolute atomic E-state index is 0.0826. The first-order chi connectivity index (χ1) is 9.25. The number of amides is 2. The van der Waals surface area contributed by atoms with Gasteiger partial charge in [-0.25, -0.2) is 0 Å². The molecular formula is C14H18N2O3. The van der Waals surface area contributed by atoms with Crippen molar-refractivity contribution in [3.63, 3.8) is 0 Å². The third-order valence-corrected chi connectivity index (χ3v) is 4.06. The van der Waals surface area contributed by atoms with Crippen LogP contribution in [0, 0.1) is 5.92 Å². The van der Waals surface area contributed by atoms with E-state index in [1.165, 1.54) is 12.7 Å². The molecule has 0 bridgehead atoms. The minimum Gasteiger partial charge on any atom is -0.459 e. The van der Waals surface area contributed by atoms with Gasteiger partial charge in [0.2, 0.25) is 5.91 Å². The molecule has 0 spiro atoms. The lowest BCUT2D eigenvalue weighted by Crippen LogP contribution is -2.52. The quantitative estimate of drug-likeness (QED) is 0.808. The maximum absolute atomic E-state index is 12.1. The predicted molar refractivity (Wildman–Crippen MR) is 68.5 cm³/mol. The van der Waals surface area contributed by atoms with E-state index in [1.54, 1.807) is 17.0 Å². The lowest BCUT2D eigenvalue weighted by atomic mass is 9.84. The zero-order chi connectivity index (χ0) is 13.2. The van der Waals surface area contributed by atoms with Gasteiger partial charge in [-0.15, -0.1) is 0 Å². The van der Waals surface area contributed by atoms with Crippen molar-refractivity contribution in [3.8, 4) is 0 Å². The zero-order valence-corrected chi connectivity index (χ0v) is 10.9. The Balaban J connectivity index is 1.54. The number of piperazine rings is 1. The fourth-order valence-corrected chi connectivity index (χ4v) is 2.60. The fraction of sp³-hybridized carbons (Fsp3) is 0.571. The molecule has 1 aliphatic carbocycles. The summed E-state index contributed by atoms with van der Waals surface area (Å²) >= 11 is 0. The third kappa shape index (κ3) is 2.37. The molecule has 1 aromatic rings. The molecule has 2 heterocycles. The molecule has 1 aliphatic heterocycles. The molecule has 0 radical (unpaired) electrons. The predicted octanol–water partition coefficient (Wildman–Crippen LogP) is 1.36. The number of hydrogen-bond donors (Lipinski definition) is 0. The second-order valence-corrected chi connectivity index (χ2v) is 5.22. The summed E-state index contributed by atoms with van der Waals surface area (Å²) in [7, 11) is 0. The molecule has 19 heavy (non-hydrogen) atoms. The molecule has 5 heteroatoms. The van der Waals surface area contributed by atoms with Crippen molar-refractivity contribution >= 4 is 11.8 Å². The van der Waals surface area contributed by atoms with Crippen LogP contribution in [0.3, 0.4) is 0 Å². The van der Waals surface area contributed by atoms with Crippen molar-refractivity contribution in [2.24, 2.45) is 5.92 Å². The molecule has 3 rings (SSSR count). The van der Waals surface area contributed by atoms with Crippen LogP contribution in [0.1, 0.15) is 29.8 Å². The minimum atomic E-state index is -0.0826. The van der Waals surface area contributed by atoms with Crippen molar-refractivity contribution in [1.82, 2.24) is 9.80 Å². The molecule has 0 unspecified atom stereocenters. The van der Waals surface area contributed by atoms with Crippen LogP contribution in [0.5, 0.6) is 0 Å². The summed E-state index contributed by atoms with van der Waals surface area (Å²) in [5.74, 6) is 0.809. The van der Waals surface area contributed by atoms with Gasteiger partial charge in [0.25, 0.3) is 5.91 Å². The first kappa shape index (κ1) is 12.3. The molecule has 2 aliphatic rings. The van der Waals surface area contributed by atoms with Crippen LogP contribution in [-0.2, 0) is 4.79 Å². The smallest absolute Gasteiger partial charge is 0.289 e. The second-order valence-electron chi connectivity index (χ2n) is 5.22. The number of furan rings is 1. The highest BCUT2D eigenvalue weighted by Gasteiger charge is 2.32. The summed E-state index contributed by atoms with van der Waals surface area (Å²) in [6.45, 7) is 2.47. The summed E-state index contributed by atoms with van der Waals surface area (Å²) in [6.07, 6.45) is 4.74. The lowest BCUT2D eigenvalue weighted by molar-refractivity contribution is -0.139. The summed E-state index contributed by atoms with van der Waals surface area (Å²) in [6, 6.07) is 3.39. The molecule has 2 fully saturated rings. The molecule has 0 N–H and O–H groups in total. The Morgan fingerprint density at radius 2 is 1.79 bits per heavy atom. The molecule has 0 aromatic carbocycles. The van der Waals surface area contributed by atoms with Crippen LogP contribution in [0.15, 0.2) is 22.8 Å². The van der Waals surface area contributed by atoms with Gasteiger partial charge < -0.3 is 14.2 Å². The van der Waals surface area contributed by atoms with E-state index in [2.05, 4.69) is 0 Å². The Morgan fingerprint density at radius 3 is 2.32 bits per heavy atom. The SMILES string of the molecule is O=C(c1ccco1)N1CCN(C(=O)C2CCC2)CC1. The largest absolute Gasteiger partial charge is 0.459 e. The molecule has 5 nitrogen and oxygen atoms in total. The standard InChI is InChI=1S/C14H18N2O3/c17-13(11-3-1-4-11)15-6-8-16(9-7-15)14(18)12-5-2-10-19-12/h2,5,10-11H,1,3-4,6-9H2. The second kappa shape index (κ2) is 5.07. The summed E-state index contributed by atoms with van der Waals surface area (Å²) in [4.78, 5) is 27.8. The average Bonchev–Trinajstić information content (AvgIpc) is 2.90. The van der Waals surface area contributed by atoms with Gasteiger partial charge in [0.05, 0.1) is 6.26 Å². The zero-order valence-electron chi connectivity index (χ0n) is 10.9. The van der Waals surface area contributed by atoms with E-state index < -0.39 is 0 Å². The molecule has 102 valence electrons. The van der Waals surface area contributed by atoms with E-state index >= 15 is 0 Å². The fourth-order valence-electron chi connectivity index (χ4n) is 2.60. The van der Waals surface area contributed by atoms with Crippen molar-refractivity contribution < 1.29 is 14.0 Å². The van der Waals surface area contributed by atoms with Crippen molar-refractivity contribution in [2.45, 2.75) is 19.3 Å². The number of rotatable bonds is 2. The van der Waals surface area contributed by atoms with Gasteiger partial charge in [-0.2, -0.15) is 0 Å². The summed E-state index contributed by atoms with van der Waals surface area (Å²) in [5, 5.41) is 0. The van der Waals surface area contributed by atoms with Crippen molar-refractivity contribution in [3.05, 3.63) is 24.2 Å². The molecule has 1 aromatic heterocycles. The van der Waals surface area contributed by atoms with Crippen LogP contribution >= 0.6 is 0 Å². The number of carbonyl (C=O) groups excluding carboxylic acids is 2. The molecule has 2 amide bonds. The van der Waals surface area contributed by atoms with E-state index in [-0.39, 0.29) is 17.7 Å². The highest BCUT2D eigenvalue weighted by molar-refractivity contribution is 5.91. The third-order valence-electron chi connectivity index (χ3n) is 4.06. The monoisotopic (exact) mass is 262 g/mol. The highest BCUT2D eigenvalue weighted by atomic mass is 16.3. The highest BCUT2D eigenvalue weighted by Crippen LogP contribution is 2.28. The van der Waals surface area contributed by atoms with Crippen LogP contribution in [0.4, 0.5) is 0 Å². The normalized spacial score (nSPS) is 20.2. The maximum atomic E-state index is 12.1. The number of nitrogens with zero attached hydrogens (tertiary/aromatic N) is 2. The summed E-state index contributed by atoms with van der Waals surface area (Å²) in [5.41, 5.74) is 0. The van der Waals surface area contributed by atoms with Gasteiger partial charge in [0, 0.05) is 32.1 Å². The number of carbonyl (C=O) groups is 2. The van der Waals surface area contributed by atoms with Gasteiger partial charge >= 0.3 is 0 Å². The average molecular weight is 262 g/mol. The van der Waals surface area contributed by atoms with Gasteiger partial charge in [-0.05, 0) is 25.0 Å². The van der Waals surface area contributed by atoms with E-state index in [4.69, 9.17) is 4.42 Å². The Morgan fingerprint density at radius 1 is 1.11 bits per heavy atom. The topological polar surface area (TPSA) is 53.8 Å². The van der Waals surface area contributed by atoms with E-state index in [1.807, 2.05) is 4.90 Å². The van der Waals surface area contributed by atoms with Crippen LogP contribution in [-0.4, -0.2) is 47.8 Å². The van der Waals surface area contributed by atoms with E-state index in [9.17, 15) is 9.59 Å². The Hall–Kier alpha value is -1.78. The van der Waals surface area contributed by atoms with Crippen LogP contribution < -0.4 is 0 Å². The molecular weight excluding hydrogens is 244 g/mol. The van der Waals surface area contributed by atoms with Crippen LogP contribution in [0.2, 0.25) is 0 Å². The van der Waals surface area contributed by atoms with Gasteiger partial charge in [0.1, 0.15) is 0 Å². The number of hydrogen-bond acceptors (Lipinski definition) is 3. The van der Waals surface area contributed by atoms with Crippen LogP contribution in [0.25, 0.3) is 0 Å². The van der Waals surface area contributed by atoms with Crippen molar-refractivity contribution in [2.75, 3.05) is 26.2 Å². The summed E-state index contributed by atoms with van der Waals surface area (Å²) < 4.78 is 5.12. The molecule has 1 saturated carbocycles. The van der Waals surface area contributed by atoms with Crippen molar-refractivity contribution in [1.29, 1.82) is 0 Å². The first-order valence-corrected chi connectivity index (χ1v) is 6.87. The van der Waals surface area contributed by atoms with Gasteiger partial charge in [0.15, 0.2) is 5.76 Å². The van der Waals surface area contributed by atoms with E-state index in [0.717, 1.165) is 12.8 Å². The van der Waals surface area contributed by atoms with Gasteiger partial charge in [-0.3, -0.25) is 9.59 Å². The Labute approximate surface area is 112 Å². The lowest BCUT2D eigenvalue weighted by Gasteiger charge is -2.37. The van der Waals surface area contributed by atoms with E-state index in [0.29, 0.717) is 31.9 Å².